The molecule has 1 fully saturated rings. The van der Waals surface area contributed by atoms with Crippen LogP contribution in [0.4, 0.5) is 0 Å². The Hall–Kier alpha value is -1.15. The van der Waals surface area contributed by atoms with Crippen LogP contribution in [0, 0.1) is 0 Å². The molecule has 0 aliphatic carbocycles. The number of morpholine rings is 1. The molecule has 0 saturated carbocycles. The van der Waals surface area contributed by atoms with Gasteiger partial charge in [-0.3, -0.25) is 4.79 Å². The summed E-state index contributed by atoms with van der Waals surface area (Å²) in [6.07, 6.45) is 0.692. The third-order valence-corrected chi connectivity index (χ3v) is 4.52. The Bertz CT molecular complexity index is 598. The number of benzene rings is 1. The number of carbonyl (C=O) groups is 1. The molecule has 0 spiro atoms. The van der Waals surface area contributed by atoms with Gasteiger partial charge in [0.2, 0.25) is 0 Å². The number of carbonyl (C=O) groups excluding carboxylic acids is 1. The van der Waals surface area contributed by atoms with Gasteiger partial charge in [-0.2, -0.15) is 0 Å². The highest BCUT2D eigenvalue weighted by Gasteiger charge is 2.23. The van der Waals surface area contributed by atoms with Gasteiger partial charge in [0, 0.05) is 19.3 Å². The van der Waals surface area contributed by atoms with Gasteiger partial charge in [0.15, 0.2) is 9.84 Å². The van der Waals surface area contributed by atoms with Gasteiger partial charge in [-0.15, -0.1) is 12.4 Å². The van der Waals surface area contributed by atoms with E-state index in [1.807, 2.05) is 6.92 Å². The summed E-state index contributed by atoms with van der Waals surface area (Å²) >= 11 is 0. The van der Waals surface area contributed by atoms with E-state index in [0.717, 1.165) is 12.1 Å². The highest BCUT2D eigenvalue weighted by molar-refractivity contribution is 7.90. The Kier molecular flexibility index (Phi) is 6.80. The van der Waals surface area contributed by atoms with E-state index < -0.39 is 15.9 Å². The Balaban J connectivity index is 0.00000242. The van der Waals surface area contributed by atoms with E-state index >= 15 is 0 Å². The molecule has 1 aliphatic heterocycles. The number of sulfone groups is 1. The van der Waals surface area contributed by atoms with Crippen LogP contribution in [0.1, 0.15) is 18.5 Å². The molecular formula is C14H21ClN2O4S. The van der Waals surface area contributed by atoms with Crippen LogP contribution in [0.2, 0.25) is 0 Å². The Labute approximate surface area is 136 Å². The fourth-order valence-corrected chi connectivity index (χ4v) is 2.76. The summed E-state index contributed by atoms with van der Waals surface area (Å²) in [7, 11) is -3.20. The molecule has 0 radical (unpaired) electrons. The minimum atomic E-state index is -3.20. The molecule has 1 amide bonds. The lowest BCUT2D eigenvalue weighted by atomic mass is 10.1. The number of halogens is 1. The van der Waals surface area contributed by atoms with Gasteiger partial charge < -0.3 is 15.4 Å². The first-order chi connectivity index (χ1) is 9.88. The lowest BCUT2D eigenvalue weighted by molar-refractivity contribution is -0.134. The van der Waals surface area contributed by atoms with Gasteiger partial charge >= 0.3 is 0 Å². The lowest BCUT2D eigenvalue weighted by Gasteiger charge is -2.24. The van der Waals surface area contributed by atoms with Crippen LogP contribution >= 0.6 is 12.4 Å². The van der Waals surface area contributed by atoms with Crippen molar-refractivity contribution in [3.8, 4) is 0 Å². The van der Waals surface area contributed by atoms with Crippen LogP contribution in [0.25, 0.3) is 0 Å². The molecule has 2 rings (SSSR count). The van der Waals surface area contributed by atoms with Crippen molar-refractivity contribution in [1.29, 1.82) is 0 Å². The smallest absolute Gasteiger partial charge is 0.250 e. The molecule has 1 aliphatic rings. The Morgan fingerprint density at radius 1 is 1.36 bits per heavy atom. The molecule has 1 aromatic carbocycles. The second kappa shape index (κ2) is 7.92. The maximum Gasteiger partial charge on any atom is 0.250 e. The van der Waals surface area contributed by atoms with E-state index in [1.54, 1.807) is 24.3 Å². The van der Waals surface area contributed by atoms with Crippen molar-refractivity contribution in [3.63, 3.8) is 0 Å². The summed E-state index contributed by atoms with van der Waals surface area (Å²) < 4.78 is 28.2. The number of hydrogen-bond donors (Lipinski definition) is 2. The second-order valence-corrected chi connectivity index (χ2v) is 7.15. The fourth-order valence-electron chi connectivity index (χ4n) is 2.13. The average Bonchev–Trinajstić information content (AvgIpc) is 2.47. The first kappa shape index (κ1) is 18.9. The van der Waals surface area contributed by atoms with E-state index in [-0.39, 0.29) is 29.3 Å². The number of rotatable bonds is 4. The highest BCUT2D eigenvalue weighted by atomic mass is 35.5. The molecule has 22 heavy (non-hydrogen) atoms. The van der Waals surface area contributed by atoms with Crippen LogP contribution in [-0.2, 0) is 19.4 Å². The minimum absolute atomic E-state index is 0. The molecule has 8 heteroatoms. The summed E-state index contributed by atoms with van der Waals surface area (Å²) in [6, 6.07) is 6.30. The van der Waals surface area contributed by atoms with Gasteiger partial charge in [0.05, 0.1) is 17.5 Å². The van der Waals surface area contributed by atoms with Crippen LogP contribution in [0.15, 0.2) is 29.2 Å². The quantitative estimate of drug-likeness (QED) is 0.835. The molecule has 0 bridgehead atoms. The van der Waals surface area contributed by atoms with Gasteiger partial charge in [-0.1, -0.05) is 12.1 Å². The Morgan fingerprint density at radius 3 is 2.50 bits per heavy atom. The molecule has 1 heterocycles. The zero-order valence-electron chi connectivity index (χ0n) is 12.5. The zero-order chi connectivity index (χ0) is 15.5. The number of nitrogens with one attached hydrogen (secondary N) is 2. The molecule has 124 valence electrons. The minimum Gasteiger partial charge on any atom is -0.366 e. The predicted octanol–water partition coefficient (Wildman–Crippen LogP) is 0.678. The fraction of sp³-hybridized carbons (Fsp3) is 0.500. The number of ether oxygens (including phenoxy) is 1. The molecule has 1 aromatic rings. The zero-order valence-corrected chi connectivity index (χ0v) is 14.2. The maximum atomic E-state index is 12.0. The average molecular weight is 349 g/mol. The highest BCUT2D eigenvalue weighted by Crippen LogP contribution is 2.16. The monoisotopic (exact) mass is 348 g/mol. The van der Waals surface area contributed by atoms with Gasteiger partial charge in [-0.05, 0) is 24.6 Å². The maximum absolute atomic E-state index is 12.0. The summed E-state index contributed by atoms with van der Waals surface area (Å²) in [5.41, 5.74) is 0.847. The molecule has 0 aromatic heterocycles. The van der Waals surface area contributed by atoms with Gasteiger partial charge in [0.25, 0.3) is 5.91 Å². The second-order valence-electron chi connectivity index (χ2n) is 5.14. The first-order valence-electron chi connectivity index (χ1n) is 6.80. The van der Waals surface area contributed by atoms with Crippen molar-refractivity contribution in [3.05, 3.63) is 29.8 Å². The van der Waals surface area contributed by atoms with E-state index in [0.29, 0.717) is 13.2 Å². The summed E-state index contributed by atoms with van der Waals surface area (Å²) in [4.78, 5) is 12.3. The third kappa shape index (κ3) is 4.95. The molecule has 2 N–H and O–H groups in total. The molecule has 2 unspecified atom stereocenters. The van der Waals surface area contributed by atoms with Gasteiger partial charge in [0.1, 0.15) is 6.10 Å². The van der Waals surface area contributed by atoms with Crippen molar-refractivity contribution in [1.82, 2.24) is 10.6 Å². The number of hydrogen-bond acceptors (Lipinski definition) is 5. The van der Waals surface area contributed by atoms with Crippen molar-refractivity contribution in [2.45, 2.75) is 24.0 Å². The van der Waals surface area contributed by atoms with E-state index in [4.69, 9.17) is 4.74 Å². The predicted molar refractivity (Wildman–Crippen MR) is 86.0 cm³/mol. The topological polar surface area (TPSA) is 84.5 Å². The van der Waals surface area contributed by atoms with Crippen LogP contribution < -0.4 is 10.6 Å². The molecule has 1 saturated heterocycles. The van der Waals surface area contributed by atoms with Crippen LogP contribution in [0.5, 0.6) is 0 Å². The Morgan fingerprint density at radius 2 is 2.00 bits per heavy atom. The standard InChI is InChI=1S/C14H20N2O4S.ClH/c1-10(16-14(17)13-9-15-7-8-20-13)11-3-5-12(6-4-11)21(2,18)19;/h3-6,10,13,15H,7-9H2,1-2H3,(H,16,17);1H. The summed E-state index contributed by atoms with van der Waals surface area (Å²) in [5, 5.41) is 5.97. The van der Waals surface area contributed by atoms with E-state index in [1.165, 1.54) is 6.26 Å². The summed E-state index contributed by atoms with van der Waals surface area (Å²) in [5.74, 6) is -0.165. The van der Waals surface area contributed by atoms with Gasteiger partial charge in [-0.25, -0.2) is 8.42 Å². The van der Waals surface area contributed by atoms with Crippen molar-refractivity contribution in [2.24, 2.45) is 0 Å². The molecule has 6 nitrogen and oxygen atoms in total. The van der Waals surface area contributed by atoms with Crippen molar-refractivity contribution < 1.29 is 17.9 Å². The summed E-state index contributed by atoms with van der Waals surface area (Å²) in [6.45, 7) is 3.64. The lowest BCUT2D eigenvalue weighted by Crippen LogP contribution is -2.48. The van der Waals surface area contributed by atoms with Crippen molar-refractivity contribution in [2.75, 3.05) is 26.0 Å². The molecule has 2 atom stereocenters. The third-order valence-electron chi connectivity index (χ3n) is 3.39. The SMILES string of the molecule is CC(NC(=O)C1CNCCO1)c1ccc(S(C)(=O)=O)cc1.Cl. The largest absolute Gasteiger partial charge is 0.366 e. The molecular weight excluding hydrogens is 328 g/mol. The van der Waals surface area contributed by atoms with E-state index in [2.05, 4.69) is 10.6 Å². The first-order valence-corrected chi connectivity index (χ1v) is 8.70. The van der Waals surface area contributed by atoms with Crippen LogP contribution in [0.3, 0.4) is 0 Å². The van der Waals surface area contributed by atoms with Crippen LogP contribution in [-0.4, -0.2) is 46.4 Å². The normalized spacial score (nSPS) is 19.8. The number of amides is 1. The van der Waals surface area contributed by atoms with Crippen molar-refractivity contribution >= 4 is 28.2 Å². The van der Waals surface area contributed by atoms with E-state index in [9.17, 15) is 13.2 Å².